The molecule has 0 spiro atoms. The molecule has 21 heavy (non-hydrogen) atoms. The summed E-state index contributed by atoms with van der Waals surface area (Å²) in [6.45, 7) is 10.3. The van der Waals surface area contributed by atoms with Crippen LogP contribution in [0.2, 0.25) is 0 Å². The number of hydrogen-bond acceptors (Lipinski definition) is 4. The fourth-order valence-electron chi connectivity index (χ4n) is 3.06. The third kappa shape index (κ3) is 3.59. The lowest BCUT2D eigenvalue weighted by Crippen LogP contribution is -2.19. The Morgan fingerprint density at radius 2 is 2.14 bits per heavy atom. The van der Waals surface area contributed by atoms with E-state index in [-0.39, 0.29) is 0 Å². The van der Waals surface area contributed by atoms with Gasteiger partial charge in [0, 0.05) is 30.6 Å². The second-order valence-electron chi connectivity index (χ2n) is 6.78. The highest BCUT2D eigenvalue weighted by atomic mass is 32.1. The molecule has 3 rings (SSSR count). The van der Waals surface area contributed by atoms with E-state index >= 15 is 0 Å². The Kier molecular flexibility index (Phi) is 4.85. The molecule has 0 radical (unpaired) electrons. The zero-order chi connectivity index (χ0) is 14.8. The summed E-state index contributed by atoms with van der Waals surface area (Å²) in [6.07, 6.45) is 6.53. The summed E-state index contributed by atoms with van der Waals surface area (Å²) in [5, 5.41) is 4.94. The molecule has 1 aromatic rings. The topological polar surface area (TPSA) is 28.2 Å². The first-order valence-electron chi connectivity index (χ1n) is 8.69. The van der Waals surface area contributed by atoms with Crippen LogP contribution in [0.25, 0.3) is 0 Å². The standard InChI is InChI=1S/C17H29N3S/c1-4-12(3)16-15(10-18-14-6-7-14)21-17(19-16)20-9-8-13(5-2)11-20/h12-14,18H,4-11H2,1-3H3. The Bertz CT molecular complexity index is 467. The lowest BCUT2D eigenvalue weighted by atomic mass is 10.0. The highest BCUT2D eigenvalue weighted by molar-refractivity contribution is 7.15. The van der Waals surface area contributed by atoms with Gasteiger partial charge in [-0.25, -0.2) is 4.98 Å². The van der Waals surface area contributed by atoms with Crippen molar-refractivity contribution in [2.75, 3.05) is 18.0 Å². The van der Waals surface area contributed by atoms with Crippen LogP contribution in [0.15, 0.2) is 0 Å². The van der Waals surface area contributed by atoms with Crippen LogP contribution in [-0.2, 0) is 6.54 Å². The van der Waals surface area contributed by atoms with Gasteiger partial charge in [0.1, 0.15) is 0 Å². The van der Waals surface area contributed by atoms with Crippen LogP contribution in [0.5, 0.6) is 0 Å². The molecule has 118 valence electrons. The lowest BCUT2D eigenvalue weighted by molar-refractivity contribution is 0.569. The second kappa shape index (κ2) is 6.66. The van der Waals surface area contributed by atoms with Gasteiger partial charge in [-0.05, 0) is 37.5 Å². The molecule has 1 N–H and O–H groups in total. The van der Waals surface area contributed by atoms with Crippen LogP contribution in [0.4, 0.5) is 5.13 Å². The first-order valence-corrected chi connectivity index (χ1v) is 9.50. The van der Waals surface area contributed by atoms with E-state index in [4.69, 9.17) is 4.98 Å². The van der Waals surface area contributed by atoms with Gasteiger partial charge in [0.05, 0.1) is 5.69 Å². The Balaban J connectivity index is 1.74. The fourth-order valence-corrected chi connectivity index (χ4v) is 4.22. The van der Waals surface area contributed by atoms with Gasteiger partial charge in [0.25, 0.3) is 0 Å². The van der Waals surface area contributed by atoms with E-state index < -0.39 is 0 Å². The molecule has 1 saturated carbocycles. The van der Waals surface area contributed by atoms with E-state index in [0.29, 0.717) is 5.92 Å². The maximum atomic E-state index is 5.03. The number of thiazole rings is 1. The average Bonchev–Trinajstić information content (AvgIpc) is 3.04. The van der Waals surface area contributed by atoms with Crippen molar-refractivity contribution in [3.8, 4) is 0 Å². The van der Waals surface area contributed by atoms with E-state index in [1.807, 2.05) is 11.3 Å². The van der Waals surface area contributed by atoms with E-state index in [1.165, 1.54) is 60.9 Å². The molecular weight excluding hydrogens is 278 g/mol. The summed E-state index contributed by atoms with van der Waals surface area (Å²) in [4.78, 5) is 9.03. The van der Waals surface area contributed by atoms with Crippen molar-refractivity contribution in [3.05, 3.63) is 10.6 Å². The highest BCUT2D eigenvalue weighted by Crippen LogP contribution is 2.35. The maximum Gasteiger partial charge on any atom is 0.185 e. The van der Waals surface area contributed by atoms with Crippen molar-refractivity contribution >= 4 is 16.5 Å². The summed E-state index contributed by atoms with van der Waals surface area (Å²) in [7, 11) is 0. The zero-order valence-electron chi connectivity index (χ0n) is 13.7. The van der Waals surface area contributed by atoms with Crippen molar-refractivity contribution in [1.29, 1.82) is 0 Å². The summed E-state index contributed by atoms with van der Waals surface area (Å²) in [6, 6.07) is 0.775. The number of nitrogens with one attached hydrogen (secondary N) is 1. The van der Waals surface area contributed by atoms with Crippen LogP contribution in [0.1, 0.15) is 69.4 Å². The van der Waals surface area contributed by atoms with Gasteiger partial charge in [-0.3, -0.25) is 0 Å². The Hall–Kier alpha value is -0.610. The molecule has 0 bridgehead atoms. The smallest absolute Gasteiger partial charge is 0.185 e. The van der Waals surface area contributed by atoms with Crippen LogP contribution >= 0.6 is 11.3 Å². The molecule has 2 fully saturated rings. The summed E-state index contributed by atoms with van der Waals surface area (Å²) < 4.78 is 0. The minimum Gasteiger partial charge on any atom is -0.348 e. The van der Waals surface area contributed by atoms with E-state index in [9.17, 15) is 0 Å². The van der Waals surface area contributed by atoms with Crippen molar-refractivity contribution in [2.45, 2.75) is 71.4 Å². The van der Waals surface area contributed by atoms with Gasteiger partial charge < -0.3 is 10.2 Å². The normalized spacial score (nSPS) is 23.8. The minimum absolute atomic E-state index is 0.579. The van der Waals surface area contributed by atoms with Gasteiger partial charge in [-0.15, -0.1) is 11.3 Å². The highest BCUT2D eigenvalue weighted by Gasteiger charge is 2.27. The number of nitrogens with zero attached hydrogens (tertiary/aromatic N) is 2. The van der Waals surface area contributed by atoms with Gasteiger partial charge in [0.15, 0.2) is 5.13 Å². The molecule has 4 heteroatoms. The molecular formula is C17H29N3S. The van der Waals surface area contributed by atoms with Gasteiger partial charge in [-0.2, -0.15) is 0 Å². The van der Waals surface area contributed by atoms with E-state index in [2.05, 4.69) is 31.0 Å². The quantitative estimate of drug-likeness (QED) is 0.820. The first-order chi connectivity index (χ1) is 10.2. The van der Waals surface area contributed by atoms with Crippen LogP contribution < -0.4 is 10.2 Å². The molecule has 0 aromatic carbocycles. The summed E-state index contributed by atoms with van der Waals surface area (Å²) in [5.41, 5.74) is 1.35. The molecule has 1 saturated heterocycles. The predicted molar refractivity (Wildman–Crippen MR) is 91.3 cm³/mol. The van der Waals surface area contributed by atoms with Crippen LogP contribution in [-0.4, -0.2) is 24.1 Å². The third-order valence-corrected chi connectivity index (χ3v) is 6.19. The number of hydrogen-bond donors (Lipinski definition) is 1. The lowest BCUT2D eigenvalue weighted by Gasteiger charge is -2.14. The van der Waals surface area contributed by atoms with Crippen molar-refractivity contribution in [1.82, 2.24) is 10.3 Å². The van der Waals surface area contributed by atoms with Crippen LogP contribution in [0, 0.1) is 5.92 Å². The van der Waals surface area contributed by atoms with Crippen molar-refractivity contribution in [2.24, 2.45) is 5.92 Å². The monoisotopic (exact) mass is 307 g/mol. The Labute approximate surface area is 133 Å². The molecule has 0 amide bonds. The maximum absolute atomic E-state index is 5.03. The third-order valence-electron chi connectivity index (χ3n) is 5.06. The van der Waals surface area contributed by atoms with E-state index in [0.717, 1.165) is 18.5 Å². The van der Waals surface area contributed by atoms with Gasteiger partial charge >= 0.3 is 0 Å². The largest absolute Gasteiger partial charge is 0.348 e. The zero-order valence-corrected chi connectivity index (χ0v) is 14.5. The molecule has 1 aliphatic carbocycles. The SMILES string of the molecule is CCC1CCN(c2nc(C(C)CC)c(CNC3CC3)s2)C1. The summed E-state index contributed by atoms with van der Waals surface area (Å²) in [5.74, 6) is 1.45. The van der Waals surface area contributed by atoms with Crippen LogP contribution in [0.3, 0.4) is 0 Å². The van der Waals surface area contributed by atoms with Crippen molar-refractivity contribution < 1.29 is 0 Å². The van der Waals surface area contributed by atoms with Gasteiger partial charge in [-0.1, -0.05) is 27.2 Å². The number of rotatable bonds is 7. The predicted octanol–water partition coefficient (Wildman–Crippen LogP) is 4.14. The second-order valence-corrected chi connectivity index (χ2v) is 7.84. The Morgan fingerprint density at radius 1 is 1.33 bits per heavy atom. The average molecular weight is 308 g/mol. The molecule has 2 aliphatic rings. The fraction of sp³-hybridized carbons (Fsp3) is 0.824. The molecule has 2 unspecified atom stereocenters. The molecule has 2 heterocycles. The van der Waals surface area contributed by atoms with Gasteiger partial charge in [0.2, 0.25) is 0 Å². The molecule has 1 aliphatic heterocycles. The number of anilines is 1. The molecule has 2 atom stereocenters. The van der Waals surface area contributed by atoms with E-state index in [1.54, 1.807) is 0 Å². The summed E-state index contributed by atoms with van der Waals surface area (Å²) >= 11 is 1.94. The Morgan fingerprint density at radius 3 is 2.76 bits per heavy atom. The van der Waals surface area contributed by atoms with Crippen molar-refractivity contribution in [3.63, 3.8) is 0 Å². The molecule has 3 nitrogen and oxygen atoms in total. The minimum atomic E-state index is 0.579. The first kappa shape index (κ1) is 15.3. The number of aromatic nitrogens is 1. The molecule has 1 aromatic heterocycles.